The van der Waals surface area contributed by atoms with Gasteiger partial charge in [-0.25, -0.2) is 97.8 Å². The molecule has 77 heavy (non-hydrogen) atoms. The van der Waals surface area contributed by atoms with Crippen LogP contribution in [0, 0.1) is 116 Å². The van der Waals surface area contributed by atoms with Crippen LogP contribution in [0.2, 0.25) is 0 Å². The predicted molar refractivity (Wildman–Crippen MR) is 226 cm³/mol. The lowest BCUT2D eigenvalue weighted by Crippen LogP contribution is -2.07. The first kappa shape index (κ1) is 51.9. The molecule has 2 aliphatic rings. The monoisotopic (exact) mass is 1100 g/mol. The van der Waals surface area contributed by atoms with Gasteiger partial charge in [-0.15, -0.1) is 5.53 Å². The Morgan fingerprint density at radius 1 is 0.325 bits per heavy atom. The molecule has 1 N–H and O–H groups in total. The summed E-state index contributed by atoms with van der Waals surface area (Å²) >= 11 is 0. The molecule has 0 radical (unpaired) electrons. The van der Waals surface area contributed by atoms with Crippen LogP contribution in [-0.4, -0.2) is 19.6 Å². The van der Waals surface area contributed by atoms with Gasteiger partial charge in [0.1, 0.15) is 0 Å². The number of benzene rings is 4. The summed E-state index contributed by atoms with van der Waals surface area (Å²) < 4.78 is 310. The van der Waals surface area contributed by atoms with E-state index in [1.165, 1.54) is 0 Å². The van der Waals surface area contributed by atoms with Crippen LogP contribution in [0.25, 0.3) is 122 Å². The van der Waals surface area contributed by atoms with Crippen LogP contribution in [0.15, 0.2) is 27.6 Å². The summed E-state index contributed by atoms with van der Waals surface area (Å²) in [5.74, 6) is -56.6. The van der Waals surface area contributed by atoms with Gasteiger partial charge in [-0.1, -0.05) is 10.2 Å². The van der Waals surface area contributed by atoms with Gasteiger partial charge in [-0.3, -0.25) is 0 Å². The molecule has 33 heteroatoms. The molecule has 9 rings (SSSR count). The number of nitrogens with one attached hydrogen (secondary N) is 1. The van der Waals surface area contributed by atoms with Crippen molar-refractivity contribution in [1.82, 2.24) is 19.6 Å². The fraction of sp³-hybridized carbons (Fsp3) is 0. The maximum absolute atomic E-state index is 16.4. The molecular formula is C44H7F20N13. The molecule has 0 unspecified atom stereocenters. The van der Waals surface area contributed by atoms with Crippen LogP contribution < -0.4 is 0 Å². The van der Waals surface area contributed by atoms with Crippen molar-refractivity contribution in [3.05, 3.63) is 183 Å². The molecule has 8 bridgehead atoms. The number of hydrogen-bond acceptors (Lipinski definition) is 5. The standard InChI is InChI=1S/C44H7F20N13/c45-21-17(22(46)30(54)37(61)29(21)53)13-7-1-2-8(68-7)14(18-23(47)31(55)38(62)32(56)24(18)48)10-4-6-12(70-10)16(20-27(51)35(59)40(64)36(60)28(20)52)44-42(72-74-66)41(71-73-65)43(77(44)76-75-67)15(11-5-3-9(13)69-11)19-25(49)33(57)39(63)34(58)26(19)50/h1-6,68H. The molecule has 0 fully saturated rings. The first-order valence-electron chi connectivity index (χ1n) is 20.0. The predicted octanol–water partition coefficient (Wildman–Crippen LogP) is 16.5. The number of halogens is 20. The minimum absolute atomic E-state index is 0.336. The summed E-state index contributed by atoms with van der Waals surface area (Å²) in [5, 5.41) is 9.42. The van der Waals surface area contributed by atoms with Crippen LogP contribution in [0.5, 0.6) is 0 Å². The summed E-state index contributed by atoms with van der Waals surface area (Å²) in [5.41, 5.74) is -0.238. The average molecular weight is 1100 g/mol. The van der Waals surface area contributed by atoms with Gasteiger partial charge >= 0.3 is 0 Å². The highest BCUT2D eigenvalue weighted by Gasteiger charge is 2.39. The molecule has 0 spiro atoms. The first-order valence-corrected chi connectivity index (χ1v) is 20.0. The Kier molecular flexibility index (Phi) is 12.6. The molecular weight excluding hydrogens is 1090 g/mol. The second kappa shape index (κ2) is 18.7. The Balaban J connectivity index is 1.76. The van der Waals surface area contributed by atoms with Gasteiger partial charge in [0.2, 0.25) is 23.3 Å². The number of nitrogens with zero attached hydrogens (tertiary/aromatic N) is 12. The summed E-state index contributed by atoms with van der Waals surface area (Å²) in [4.78, 5) is 17.0. The lowest BCUT2D eigenvalue weighted by Gasteiger charge is -2.12. The lowest BCUT2D eigenvalue weighted by atomic mass is 10.00. The van der Waals surface area contributed by atoms with E-state index in [2.05, 4.69) is 45.1 Å². The molecule has 0 amide bonds. The Morgan fingerprint density at radius 3 is 0.805 bits per heavy atom. The Labute approximate surface area is 407 Å². The summed E-state index contributed by atoms with van der Waals surface area (Å²) in [6.45, 7) is 0. The quantitative estimate of drug-likeness (QED) is 0.0415. The molecule has 4 aromatic carbocycles. The van der Waals surface area contributed by atoms with E-state index in [1.807, 2.05) is 0 Å². The number of fused-ring (bicyclic) bond motifs is 8. The van der Waals surface area contributed by atoms with E-state index < -0.39 is 222 Å². The van der Waals surface area contributed by atoms with E-state index in [0.29, 0.717) is 36.4 Å². The molecule has 2 aliphatic heterocycles. The molecule has 3 aromatic heterocycles. The normalized spacial score (nSPS) is 11.8. The molecule has 7 aromatic rings. The molecule has 388 valence electrons. The van der Waals surface area contributed by atoms with E-state index >= 15 is 70.2 Å². The third kappa shape index (κ3) is 7.49. The average Bonchev–Trinajstić information content (AvgIpc) is 4.33. The zero-order chi connectivity index (χ0) is 56.1. The van der Waals surface area contributed by atoms with Crippen LogP contribution in [0.1, 0.15) is 22.8 Å². The van der Waals surface area contributed by atoms with Crippen molar-refractivity contribution in [2.75, 3.05) is 0 Å². The van der Waals surface area contributed by atoms with Gasteiger partial charge in [0, 0.05) is 32.0 Å². The minimum Gasteiger partial charge on any atom is -0.354 e. The number of H-pyrrole nitrogens is 1. The lowest BCUT2D eigenvalue weighted by molar-refractivity contribution is 0.381. The third-order valence-corrected chi connectivity index (χ3v) is 11.4. The van der Waals surface area contributed by atoms with E-state index in [4.69, 9.17) is 0 Å². The highest BCUT2D eigenvalue weighted by molar-refractivity contribution is 6.09. The van der Waals surface area contributed by atoms with E-state index in [0.717, 1.165) is 0 Å². The molecule has 0 aliphatic carbocycles. The van der Waals surface area contributed by atoms with Crippen molar-refractivity contribution in [2.45, 2.75) is 0 Å². The van der Waals surface area contributed by atoms with Crippen LogP contribution in [0.3, 0.4) is 0 Å². The molecule has 0 saturated heterocycles. The highest BCUT2D eigenvalue weighted by atomic mass is 19.2. The van der Waals surface area contributed by atoms with Gasteiger partial charge in [-0.05, 0) is 52.7 Å². The van der Waals surface area contributed by atoms with E-state index in [9.17, 15) is 34.2 Å². The zero-order valence-electron chi connectivity index (χ0n) is 35.9. The van der Waals surface area contributed by atoms with Crippen molar-refractivity contribution >= 4 is 57.7 Å². The topological polar surface area (TPSA) is 193 Å². The summed E-state index contributed by atoms with van der Waals surface area (Å²) in [6, 6.07) is 1.02. The number of hydrogen-bond donors (Lipinski definition) is 1. The summed E-state index contributed by atoms with van der Waals surface area (Å²) in [7, 11) is 0. The third-order valence-electron chi connectivity index (χ3n) is 11.4. The van der Waals surface area contributed by atoms with Crippen molar-refractivity contribution in [3.8, 4) is 44.5 Å². The van der Waals surface area contributed by atoms with Crippen molar-refractivity contribution < 1.29 is 87.8 Å². The number of aromatic nitrogens is 4. The van der Waals surface area contributed by atoms with Gasteiger partial charge < -0.3 is 4.98 Å². The van der Waals surface area contributed by atoms with Gasteiger partial charge in [0.05, 0.1) is 67.5 Å². The fourth-order valence-electron chi connectivity index (χ4n) is 8.20. The van der Waals surface area contributed by atoms with Crippen LogP contribution in [-0.2, 0) is 0 Å². The fourth-order valence-corrected chi connectivity index (χ4v) is 8.20. The highest BCUT2D eigenvalue weighted by Crippen LogP contribution is 2.52. The smallest absolute Gasteiger partial charge is 0.200 e. The summed E-state index contributed by atoms with van der Waals surface area (Å²) in [6.07, 6.45) is 1.45. The largest absolute Gasteiger partial charge is 0.354 e. The van der Waals surface area contributed by atoms with Crippen molar-refractivity contribution in [1.29, 1.82) is 0 Å². The van der Waals surface area contributed by atoms with E-state index in [1.54, 1.807) is 0 Å². The maximum Gasteiger partial charge on any atom is 0.200 e. The molecule has 5 heterocycles. The minimum atomic E-state index is -2.94. The van der Waals surface area contributed by atoms with Gasteiger partial charge in [-0.2, -0.15) is 9.59 Å². The number of aromatic amines is 1. The van der Waals surface area contributed by atoms with Crippen LogP contribution >= 0.6 is 0 Å². The van der Waals surface area contributed by atoms with Crippen molar-refractivity contribution in [2.24, 2.45) is 15.5 Å². The van der Waals surface area contributed by atoms with Crippen molar-refractivity contribution in [3.63, 3.8) is 0 Å². The maximum atomic E-state index is 16.4. The molecule has 0 atom stereocenters. The van der Waals surface area contributed by atoms with Gasteiger partial charge in [0.25, 0.3) is 0 Å². The molecule has 0 saturated carbocycles. The first-order chi connectivity index (χ1) is 36.5. The van der Waals surface area contributed by atoms with E-state index in [-0.39, 0.29) is 0 Å². The Hall–Kier alpha value is -9.99. The number of azide groups is 3. The SMILES string of the molecule is [N-]=[N+]=Nc1c(N=[N+]=[N-])c2c(-c3c(F)c(F)c(F)c(F)c3F)c3nc(c(-c4c(F)c(F)c(F)c(F)c4F)c4ccc([nH]4)c(-c4c(F)c(F)c(F)c(F)c4F)c4nc(c(-c5c(F)c(F)c(F)c(F)c5F)c1n2N=[N+]=[N-])C=C4)C=C3. The second-order valence-electron chi connectivity index (χ2n) is 15.3. The van der Waals surface area contributed by atoms with Crippen LogP contribution in [0.4, 0.5) is 99.2 Å². The Bertz CT molecular complexity index is 3940. The number of rotatable bonds is 7. The molecule has 13 nitrogen and oxygen atoms in total. The van der Waals surface area contributed by atoms with Gasteiger partial charge in [0.15, 0.2) is 104 Å². The Morgan fingerprint density at radius 2 is 0.558 bits per heavy atom. The zero-order valence-corrected chi connectivity index (χ0v) is 35.9. The second-order valence-corrected chi connectivity index (χ2v) is 15.3.